The van der Waals surface area contributed by atoms with Gasteiger partial charge in [-0.1, -0.05) is 48.5 Å². The van der Waals surface area contributed by atoms with Gasteiger partial charge >= 0.3 is 7.60 Å². The average Bonchev–Trinajstić information content (AvgIpc) is 3.31. The van der Waals surface area contributed by atoms with Crippen molar-refractivity contribution < 1.29 is 13.6 Å². The first kappa shape index (κ1) is 18.2. The molecule has 0 bridgehead atoms. The van der Waals surface area contributed by atoms with Gasteiger partial charge in [0.15, 0.2) is 0 Å². The molecule has 27 heavy (non-hydrogen) atoms. The number of rotatable bonds is 6. The smallest absolute Gasteiger partial charge is 0.308 e. The van der Waals surface area contributed by atoms with E-state index < -0.39 is 7.60 Å². The fraction of sp³-hybridized carbons (Fsp3) is 0.273. The van der Waals surface area contributed by atoms with Gasteiger partial charge in [0.2, 0.25) is 0 Å². The molecule has 1 aromatic heterocycles. The van der Waals surface area contributed by atoms with Gasteiger partial charge in [-0.2, -0.15) is 0 Å². The van der Waals surface area contributed by atoms with E-state index in [2.05, 4.69) is 28.8 Å². The van der Waals surface area contributed by atoms with Crippen LogP contribution in [0.1, 0.15) is 28.8 Å². The summed E-state index contributed by atoms with van der Waals surface area (Å²) in [5, 5.41) is 0. The van der Waals surface area contributed by atoms with Crippen molar-refractivity contribution in [2.45, 2.75) is 25.7 Å². The number of benzene rings is 2. The molecule has 0 N–H and O–H groups in total. The second kappa shape index (κ2) is 7.47. The summed E-state index contributed by atoms with van der Waals surface area (Å²) in [6, 6.07) is 20.5. The molecule has 0 fully saturated rings. The van der Waals surface area contributed by atoms with E-state index in [0.717, 1.165) is 36.9 Å². The molecule has 0 amide bonds. The van der Waals surface area contributed by atoms with Crippen molar-refractivity contribution in [2.24, 2.45) is 0 Å². The van der Waals surface area contributed by atoms with Crippen molar-refractivity contribution >= 4 is 13.0 Å². The minimum absolute atomic E-state index is 0.692. The number of aromatic nitrogens is 1. The van der Waals surface area contributed by atoms with E-state index in [1.54, 1.807) is 0 Å². The maximum atomic E-state index is 13.5. The Kier molecular flexibility index (Phi) is 5.05. The van der Waals surface area contributed by atoms with Crippen molar-refractivity contribution in [3.63, 3.8) is 0 Å². The molecule has 0 spiro atoms. The third-order valence-corrected chi connectivity index (χ3v) is 7.24. The molecule has 140 valence electrons. The van der Waals surface area contributed by atoms with Crippen LogP contribution in [0.2, 0.25) is 0 Å². The summed E-state index contributed by atoms with van der Waals surface area (Å²) < 4.78 is 26.5. The molecule has 1 heterocycles. The monoisotopic (exact) mass is 381 g/mol. The van der Waals surface area contributed by atoms with Gasteiger partial charge in [0, 0.05) is 32.0 Å². The fourth-order valence-corrected chi connectivity index (χ4v) is 5.63. The summed E-state index contributed by atoms with van der Waals surface area (Å²) in [6.07, 6.45) is 3.76. The van der Waals surface area contributed by atoms with Gasteiger partial charge < -0.3 is 13.6 Å². The minimum atomic E-state index is -3.40. The molecule has 0 saturated carbocycles. The van der Waals surface area contributed by atoms with Crippen molar-refractivity contribution in [1.82, 2.24) is 4.57 Å². The zero-order valence-corrected chi connectivity index (χ0v) is 16.6. The molecule has 1 aliphatic carbocycles. The zero-order chi connectivity index (χ0) is 18.9. The second-order valence-electron chi connectivity index (χ2n) is 6.78. The van der Waals surface area contributed by atoms with Gasteiger partial charge in [-0.25, -0.2) is 0 Å². The van der Waals surface area contributed by atoms with Gasteiger partial charge in [-0.15, -0.1) is 0 Å². The van der Waals surface area contributed by atoms with Gasteiger partial charge in [-0.05, 0) is 48.1 Å². The highest BCUT2D eigenvalue weighted by molar-refractivity contribution is 7.62. The van der Waals surface area contributed by atoms with E-state index in [1.165, 1.54) is 31.0 Å². The minimum Gasteiger partial charge on any atom is -0.308 e. The first-order valence-electron chi connectivity index (χ1n) is 9.24. The molecule has 1 aliphatic rings. The van der Waals surface area contributed by atoms with Crippen LogP contribution in [-0.4, -0.2) is 18.8 Å². The molecule has 4 rings (SSSR count). The molecule has 0 aliphatic heterocycles. The van der Waals surface area contributed by atoms with Crippen molar-refractivity contribution in [1.29, 1.82) is 0 Å². The van der Waals surface area contributed by atoms with E-state index >= 15 is 0 Å². The Morgan fingerprint density at radius 1 is 0.889 bits per heavy atom. The van der Waals surface area contributed by atoms with Gasteiger partial charge in [-0.3, -0.25) is 4.57 Å². The van der Waals surface area contributed by atoms with E-state index in [9.17, 15) is 4.57 Å². The first-order valence-corrected chi connectivity index (χ1v) is 10.8. The lowest BCUT2D eigenvalue weighted by Gasteiger charge is -2.20. The lowest BCUT2D eigenvalue weighted by Crippen LogP contribution is -2.22. The molecule has 0 radical (unpaired) electrons. The summed E-state index contributed by atoms with van der Waals surface area (Å²) in [4.78, 5) is 0. The Balaban J connectivity index is 1.99. The van der Waals surface area contributed by atoms with Crippen LogP contribution in [0.5, 0.6) is 0 Å². The lowest BCUT2D eigenvalue weighted by molar-refractivity contribution is 0.286. The standard InChI is InChI=1S/C22H24NO3P/c1-25-27(24,26-2)22-20-15-9-14-19(20)21(16-17-10-5-3-6-11-17)23(22)18-12-7-4-8-13-18/h3-8,10-13H,9,14-16H2,1-2H3. The number of para-hydroxylation sites is 1. The van der Waals surface area contributed by atoms with Crippen LogP contribution in [0.15, 0.2) is 60.7 Å². The maximum absolute atomic E-state index is 13.5. The Labute approximate surface area is 160 Å². The Bertz CT molecular complexity index is 972. The summed E-state index contributed by atoms with van der Waals surface area (Å²) >= 11 is 0. The molecular weight excluding hydrogens is 357 g/mol. The second-order valence-corrected chi connectivity index (χ2v) is 8.93. The van der Waals surface area contributed by atoms with E-state index in [0.29, 0.717) is 5.44 Å². The quantitative estimate of drug-likeness (QED) is 0.583. The van der Waals surface area contributed by atoms with Crippen LogP contribution in [0.4, 0.5) is 0 Å². The summed E-state index contributed by atoms with van der Waals surface area (Å²) in [7, 11) is -0.472. The molecule has 4 nitrogen and oxygen atoms in total. The number of fused-ring (bicyclic) bond motifs is 1. The SMILES string of the molecule is COP(=O)(OC)c1c2c(c(Cc3ccccc3)n1-c1ccccc1)CCC2. The predicted octanol–water partition coefficient (Wildman–Crippen LogP) is 4.67. The molecular formula is C22H24NO3P. The van der Waals surface area contributed by atoms with Crippen LogP contribution >= 0.6 is 7.60 Å². The van der Waals surface area contributed by atoms with E-state index in [-0.39, 0.29) is 0 Å². The fourth-order valence-electron chi connectivity index (χ4n) is 4.07. The van der Waals surface area contributed by atoms with Crippen LogP contribution < -0.4 is 5.44 Å². The predicted molar refractivity (Wildman–Crippen MR) is 108 cm³/mol. The normalized spacial score (nSPS) is 13.7. The van der Waals surface area contributed by atoms with Gasteiger partial charge in [0.1, 0.15) is 5.44 Å². The number of hydrogen-bond acceptors (Lipinski definition) is 3. The third kappa shape index (κ3) is 3.19. The summed E-state index contributed by atoms with van der Waals surface area (Å²) in [6.45, 7) is 0. The number of hydrogen-bond donors (Lipinski definition) is 0. The van der Waals surface area contributed by atoms with Crippen LogP contribution in [0.3, 0.4) is 0 Å². The largest absolute Gasteiger partial charge is 0.377 e. The topological polar surface area (TPSA) is 40.5 Å². The zero-order valence-electron chi connectivity index (χ0n) is 15.7. The molecule has 2 aromatic carbocycles. The highest BCUT2D eigenvalue weighted by Crippen LogP contribution is 2.49. The lowest BCUT2D eigenvalue weighted by atomic mass is 10.1. The average molecular weight is 381 g/mol. The summed E-state index contributed by atoms with van der Waals surface area (Å²) in [5.41, 5.74) is 6.53. The van der Waals surface area contributed by atoms with E-state index in [4.69, 9.17) is 9.05 Å². The van der Waals surface area contributed by atoms with Gasteiger partial charge in [0.25, 0.3) is 0 Å². The molecule has 0 unspecified atom stereocenters. The maximum Gasteiger partial charge on any atom is 0.377 e. The Morgan fingerprint density at radius 2 is 1.48 bits per heavy atom. The highest BCUT2D eigenvalue weighted by atomic mass is 31.2. The summed E-state index contributed by atoms with van der Waals surface area (Å²) in [5.74, 6) is 0. The third-order valence-electron chi connectivity index (χ3n) is 5.29. The van der Waals surface area contributed by atoms with Crippen molar-refractivity contribution in [3.8, 4) is 5.69 Å². The first-order chi connectivity index (χ1) is 13.2. The number of nitrogens with zero attached hydrogens (tertiary/aromatic N) is 1. The molecule has 0 saturated heterocycles. The van der Waals surface area contributed by atoms with Crippen LogP contribution in [0, 0.1) is 0 Å². The van der Waals surface area contributed by atoms with Gasteiger partial charge in [0.05, 0.1) is 0 Å². The Hall–Kier alpha value is -2.13. The highest BCUT2D eigenvalue weighted by Gasteiger charge is 2.38. The molecule has 5 heteroatoms. The van der Waals surface area contributed by atoms with Crippen molar-refractivity contribution in [2.75, 3.05) is 14.2 Å². The van der Waals surface area contributed by atoms with Crippen molar-refractivity contribution in [3.05, 3.63) is 83.0 Å². The molecule has 0 atom stereocenters. The molecule has 3 aromatic rings. The van der Waals surface area contributed by atoms with Crippen LogP contribution in [-0.2, 0) is 32.9 Å². The Morgan fingerprint density at radius 3 is 2.11 bits per heavy atom. The van der Waals surface area contributed by atoms with E-state index in [1.807, 2.05) is 36.4 Å². The van der Waals surface area contributed by atoms with Crippen LogP contribution in [0.25, 0.3) is 5.69 Å².